The van der Waals surface area contributed by atoms with E-state index in [9.17, 15) is 0 Å². The van der Waals surface area contributed by atoms with Gasteiger partial charge < -0.3 is 15.8 Å². The Bertz CT molecular complexity index is 612. The van der Waals surface area contributed by atoms with E-state index in [1.165, 1.54) is 0 Å². The van der Waals surface area contributed by atoms with Crippen molar-refractivity contribution in [3.05, 3.63) is 58.6 Å². The third-order valence-corrected chi connectivity index (χ3v) is 3.29. The third kappa shape index (κ3) is 5.84. The molecule has 22 heavy (non-hydrogen) atoms. The largest absolute Gasteiger partial charge is 0.494 e. The summed E-state index contributed by atoms with van der Waals surface area (Å²) in [6, 6.07) is 14.5. The molecule has 0 fully saturated rings. The maximum atomic E-state index is 5.82. The Morgan fingerprint density at radius 2 is 1.59 bits per heavy atom. The molecule has 0 aliphatic heterocycles. The molecule has 2 aromatic carbocycles. The first-order valence-electron chi connectivity index (χ1n) is 6.84. The summed E-state index contributed by atoms with van der Waals surface area (Å²) < 4.78 is 5.57. The number of hydrogen-bond acceptors (Lipinski definition) is 2. The number of nitrogens with two attached hydrogens (primary N) is 1. The number of rotatable bonds is 6. The zero-order valence-electron chi connectivity index (χ0n) is 11.9. The number of anilines is 1. The van der Waals surface area contributed by atoms with Crippen LogP contribution in [-0.2, 0) is 0 Å². The van der Waals surface area contributed by atoms with Crippen molar-refractivity contribution in [3.8, 4) is 5.75 Å². The molecule has 0 amide bonds. The van der Waals surface area contributed by atoms with E-state index < -0.39 is 0 Å². The van der Waals surface area contributed by atoms with Crippen molar-refractivity contribution in [3.63, 3.8) is 0 Å². The van der Waals surface area contributed by atoms with E-state index in [4.69, 9.17) is 33.7 Å². The standard InChI is InChI=1S/C16H17Cl2N3O/c17-12-2-6-14(7-3-12)21-16(19)20-10-1-11-22-15-8-4-13(18)5-9-15/h2-9H,1,10-11H2,(H3,19,20,21). The second-order valence-electron chi connectivity index (χ2n) is 4.55. The molecule has 0 heterocycles. The maximum Gasteiger partial charge on any atom is 0.193 e. The van der Waals surface area contributed by atoms with Crippen LogP contribution >= 0.6 is 23.2 Å². The monoisotopic (exact) mass is 337 g/mol. The average molecular weight is 338 g/mol. The smallest absolute Gasteiger partial charge is 0.193 e. The summed E-state index contributed by atoms with van der Waals surface area (Å²) >= 11 is 11.6. The topological polar surface area (TPSA) is 59.6 Å². The van der Waals surface area contributed by atoms with Crippen LogP contribution in [0.25, 0.3) is 0 Å². The van der Waals surface area contributed by atoms with Gasteiger partial charge in [-0.05, 0) is 48.5 Å². The summed E-state index contributed by atoms with van der Waals surface area (Å²) in [7, 11) is 0. The van der Waals surface area contributed by atoms with Gasteiger partial charge in [-0.25, -0.2) is 0 Å². The van der Waals surface area contributed by atoms with E-state index in [2.05, 4.69) is 10.3 Å². The van der Waals surface area contributed by atoms with Gasteiger partial charge in [-0.1, -0.05) is 23.2 Å². The van der Waals surface area contributed by atoms with Crippen molar-refractivity contribution in [1.82, 2.24) is 0 Å². The molecule has 2 aromatic rings. The summed E-state index contributed by atoms with van der Waals surface area (Å²) in [6.07, 6.45) is 0.769. The lowest BCUT2D eigenvalue weighted by Gasteiger charge is -2.07. The van der Waals surface area contributed by atoms with Crippen molar-refractivity contribution in [2.75, 3.05) is 18.5 Å². The SMILES string of the molecule is NC(=NCCCOc1ccc(Cl)cc1)Nc1ccc(Cl)cc1. The molecule has 6 heteroatoms. The van der Waals surface area contributed by atoms with Crippen molar-refractivity contribution in [2.45, 2.75) is 6.42 Å². The van der Waals surface area contributed by atoms with Gasteiger partial charge in [0.05, 0.1) is 6.61 Å². The quantitative estimate of drug-likeness (QED) is 0.472. The Morgan fingerprint density at radius 3 is 2.23 bits per heavy atom. The van der Waals surface area contributed by atoms with Gasteiger partial charge >= 0.3 is 0 Å². The highest BCUT2D eigenvalue weighted by Crippen LogP contribution is 2.15. The fourth-order valence-electron chi connectivity index (χ4n) is 1.71. The normalized spacial score (nSPS) is 11.3. The van der Waals surface area contributed by atoms with Gasteiger partial charge in [0.15, 0.2) is 5.96 Å². The number of benzene rings is 2. The zero-order chi connectivity index (χ0) is 15.8. The van der Waals surface area contributed by atoms with E-state index >= 15 is 0 Å². The number of hydrogen-bond donors (Lipinski definition) is 2. The zero-order valence-corrected chi connectivity index (χ0v) is 13.4. The highest BCUT2D eigenvalue weighted by molar-refractivity contribution is 6.30. The minimum absolute atomic E-state index is 0.369. The van der Waals surface area contributed by atoms with Crippen molar-refractivity contribution < 1.29 is 4.74 Å². The molecule has 0 unspecified atom stereocenters. The van der Waals surface area contributed by atoms with Crippen LogP contribution in [0.4, 0.5) is 5.69 Å². The molecule has 0 bridgehead atoms. The van der Waals surface area contributed by atoms with Crippen LogP contribution in [0.5, 0.6) is 5.75 Å². The lowest BCUT2D eigenvalue weighted by molar-refractivity contribution is 0.313. The number of nitrogens with one attached hydrogen (secondary N) is 1. The van der Waals surface area contributed by atoms with Crippen molar-refractivity contribution in [1.29, 1.82) is 0 Å². The summed E-state index contributed by atoms with van der Waals surface area (Å²) in [5, 5.41) is 4.37. The Morgan fingerprint density at radius 1 is 1.00 bits per heavy atom. The van der Waals surface area contributed by atoms with Gasteiger partial charge in [-0.15, -0.1) is 0 Å². The summed E-state index contributed by atoms with van der Waals surface area (Å²) in [5.74, 6) is 1.16. The lowest BCUT2D eigenvalue weighted by atomic mass is 10.3. The summed E-state index contributed by atoms with van der Waals surface area (Å²) in [5.41, 5.74) is 6.65. The van der Waals surface area contributed by atoms with E-state index in [0.717, 1.165) is 17.9 Å². The first kappa shape index (κ1) is 16.5. The fourth-order valence-corrected chi connectivity index (χ4v) is 1.96. The third-order valence-electron chi connectivity index (χ3n) is 2.78. The predicted octanol–water partition coefficient (Wildman–Crippen LogP) is 4.19. The van der Waals surface area contributed by atoms with E-state index in [0.29, 0.717) is 29.2 Å². The predicted molar refractivity (Wildman–Crippen MR) is 93.1 cm³/mol. The van der Waals surface area contributed by atoms with Gasteiger partial charge in [0, 0.05) is 28.7 Å². The van der Waals surface area contributed by atoms with E-state index in [-0.39, 0.29) is 0 Å². The van der Waals surface area contributed by atoms with Crippen LogP contribution in [0.2, 0.25) is 10.0 Å². The Kier molecular flexibility index (Phi) is 6.37. The van der Waals surface area contributed by atoms with Gasteiger partial charge in [-0.3, -0.25) is 4.99 Å². The molecule has 0 atom stereocenters. The molecule has 0 radical (unpaired) electrons. The highest BCUT2D eigenvalue weighted by atomic mass is 35.5. The minimum Gasteiger partial charge on any atom is -0.494 e. The summed E-state index contributed by atoms with van der Waals surface area (Å²) in [6.45, 7) is 1.15. The Hall–Kier alpha value is -1.91. The van der Waals surface area contributed by atoms with Crippen molar-refractivity contribution >= 4 is 34.8 Å². The maximum absolute atomic E-state index is 5.82. The van der Waals surface area contributed by atoms with Crippen LogP contribution in [-0.4, -0.2) is 19.1 Å². The number of aliphatic imine (C=N–C) groups is 1. The van der Waals surface area contributed by atoms with E-state index in [1.807, 2.05) is 24.3 Å². The molecular formula is C16H17Cl2N3O. The molecule has 0 saturated carbocycles. The van der Waals surface area contributed by atoms with Crippen molar-refractivity contribution in [2.24, 2.45) is 10.7 Å². The number of ether oxygens (including phenoxy) is 1. The lowest BCUT2D eigenvalue weighted by Crippen LogP contribution is -2.23. The molecule has 2 rings (SSSR count). The van der Waals surface area contributed by atoms with Crippen LogP contribution in [0.1, 0.15) is 6.42 Å². The molecule has 0 aliphatic carbocycles. The van der Waals surface area contributed by atoms with Gasteiger partial charge in [0.25, 0.3) is 0 Å². The fraction of sp³-hybridized carbons (Fsp3) is 0.188. The van der Waals surface area contributed by atoms with Crippen LogP contribution in [0, 0.1) is 0 Å². The summed E-state index contributed by atoms with van der Waals surface area (Å²) in [4.78, 5) is 4.24. The minimum atomic E-state index is 0.369. The molecule has 0 aliphatic rings. The molecule has 0 spiro atoms. The van der Waals surface area contributed by atoms with Gasteiger partial charge in [-0.2, -0.15) is 0 Å². The van der Waals surface area contributed by atoms with Crippen LogP contribution in [0.15, 0.2) is 53.5 Å². The molecular weight excluding hydrogens is 321 g/mol. The van der Waals surface area contributed by atoms with E-state index in [1.54, 1.807) is 24.3 Å². The number of guanidine groups is 1. The second kappa shape index (κ2) is 8.51. The second-order valence-corrected chi connectivity index (χ2v) is 5.43. The van der Waals surface area contributed by atoms with Gasteiger partial charge in [0.2, 0.25) is 0 Å². The Balaban J connectivity index is 1.68. The first-order valence-corrected chi connectivity index (χ1v) is 7.60. The molecule has 0 aromatic heterocycles. The van der Waals surface area contributed by atoms with Crippen LogP contribution < -0.4 is 15.8 Å². The average Bonchev–Trinajstić information content (AvgIpc) is 2.51. The van der Waals surface area contributed by atoms with Gasteiger partial charge in [0.1, 0.15) is 5.75 Å². The molecule has 116 valence electrons. The Labute approximate surface area is 139 Å². The molecule has 4 nitrogen and oxygen atoms in total. The number of nitrogens with zero attached hydrogens (tertiary/aromatic N) is 1. The number of halogens is 2. The molecule has 3 N–H and O–H groups in total. The molecule has 0 saturated heterocycles. The van der Waals surface area contributed by atoms with Crippen LogP contribution in [0.3, 0.4) is 0 Å². The first-order chi connectivity index (χ1) is 10.6. The highest BCUT2D eigenvalue weighted by Gasteiger charge is 1.96.